The normalized spacial score (nSPS) is 11.2. The molecule has 0 saturated carbocycles. The summed E-state index contributed by atoms with van der Waals surface area (Å²) in [6.45, 7) is 2.07. The maximum absolute atomic E-state index is 6.12. The molecule has 0 amide bonds. The van der Waals surface area contributed by atoms with Crippen molar-refractivity contribution in [3.63, 3.8) is 0 Å². The van der Waals surface area contributed by atoms with Crippen molar-refractivity contribution >= 4 is 34.2 Å². The van der Waals surface area contributed by atoms with Gasteiger partial charge in [0.05, 0.1) is 5.02 Å². The zero-order valence-corrected chi connectivity index (χ0v) is 12.4. The lowest BCUT2D eigenvalue weighted by molar-refractivity contribution is 0.627. The number of halogens is 2. The number of hydrogen-bond acceptors (Lipinski definition) is 3. The van der Waals surface area contributed by atoms with Gasteiger partial charge in [0.15, 0.2) is 11.3 Å². The molecule has 1 aromatic carbocycles. The van der Waals surface area contributed by atoms with Crippen molar-refractivity contribution in [1.29, 1.82) is 0 Å². The smallest absolute Gasteiger partial charge is 0.154 e. The number of rotatable bonds is 3. The van der Waals surface area contributed by atoms with Crippen molar-refractivity contribution in [3.05, 3.63) is 46.3 Å². The van der Waals surface area contributed by atoms with Crippen LogP contribution in [0.25, 0.3) is 22.4 Å². The molecule has 3 nitrogen and oxygen atoms in total. The minimum Gasteiger partial charge on any atom is -0.453 e. The van der Waals surface area contributed by atoms with Crippen molar-refractivity contribution in [2.75, 3.05) is 0 Å². The predicted molar refractivity (Wildman–Crippen MR) is 81.3 cm³/mol. The Morgan fingerprint density at radius 2 is 2.00 bits per heavy atom. The Morgan fingerprint density at radius 1 is 1.15 bits per heavy atom. The molecule has 3 rings (SSSR count). The summed E-state index contributed by atoms with van der Waals surface area (Å²) in [5, 5.41) is 1.95. The SMILES string of the molecule is CCCc1nc(Cl)cc(-c2cc3cccc(Cl)c3o2)n1. The Hall–Kier alpha value is -1.58. The molecule has 20 heavy (non-hydrogen) atoms. The highest BCUT2D eigenvalue weighted by molar-refractivity contribution is 6.34. The summed E-state index contributed by atoms with van der Waals surface area (Å²) >= 11 is 12.2. The third kappa shape index (κ3) is 2.51. The van der Waals surface area contributed by atoms with Gasteiger partial charge in [0.25, 0.3) is 0 Å². The van der Waals surface area contributed by atoms with Crippen LogP contribution in [0, 0.1) is 0 Å². The number of aromatic nitrogens is 2. The van der Waals surface area contributed by atoms with E-state index in [1.54, 1.807) is 12.1 Å². The average molecular weight is 307 g/mol. The molecule has 2 aromatic heterocycles. The van der Waals surface area contributed by atoms with Crippen LogP contribution in [0.5, 0.6) is 0 Å². The molecular formula is C15H12Cl2N2O. The van der Waals surface area contributed by atoms with E-state index >= 15 is 0 Å². The van der Waals surface area contributed by atoms with Gasteiger partial charge in [0.2, 0.25) is 0 Å². The van der Waals surface area contributed by atoms with Gasteiger partial charge in [-0.3, -0.25) is 0 Å². The van der Waals surface area contributed by atoms with Crippen LogP contribution in [0.2, 0.25) is 10.2 Å². The first kappa shape index (κ1) is 13.4. The topological polar surface area (TPSA) is 38.9 Å². The van der Waals surface area contributed by atoms with Crippen LogP contribution in [-0.2, 0) is 6.42 Å². The molecule has 0 aliphatic rings. The third-order valence-corrected chi connectivity index (χ3v) is 3.45. The van der Waals surface area contributed by atoms with E-state index in [1.165, 1.54) is 0 Å². The quantitative estimate of drug-likeness (QED) is 0.628. The van der Waals surface area contributed by atoms with Gasteiger partial charge in [-0.25, -0.2) is 9.97 Å². The predicted octanol–water partition coefficient (Wildman–Crippen LogP) is 5.15. The highest BCUT2D eigenvalue weighted by Gasteiger charge is 2.12. The summed E-state index contributed by atoms with van der Waals surface area (Å²) in [7, 11) is 0. The largest absolute Gasteiger partial charge is 0.453 e. The van der Waals surface area contributed by atoms with E-state index < -0.39 is 0 Å². The number of para-hydroxylation sites is 1. The number of furan rings is 1. The van der Waals surface area contributed by atoms with Crippen LogP contribution in [0.1, 0.15) is 19.2 Å². The fraction of sp³-hybridized carbons (Fsp3) is 0.200. The van der Waals surface area contributed by atoms with Gasteiger partial charge in [-0.2, -0.15) is 0 Å². The maximum Gasteiger partial charge on any atom is 0.154 e. The molecular weight excluding hydrogens is 295 g/mol. The van der Waals surface area contributed by atoms with Gasteiger partial charge in [-0.15, -0.1) is 0 Å². The first-order valence-corrected chi connectivity index (χ1v) is 7.15. The summed E-state index contributed by atoms with van der Waals surface area (Å²) in [6.07, 6.45) is 1.75. The molecule has 0 radical (unpaired) electrons. The molecule has 0 bridgehead atoms. The Bertz CT molecular complexity index is 768. The van der Waals surface area contributed by atoms with E-state index in [9.17, 15) is 0 Å². The molecule has 0 N–H and O–H groups in total. The molecule has 0 atom stereocenters. The minimum atomic E-state index is 0.421. The second-order valence-corrected chi connectivity index (χ2v) is 5.31. The molecule has 3 aromatic rings. The molecule has 0 aliphatic carbocycles. The van der Waals surface area contributed by atoms with Crippen molar-refractivity contribution in [2.24, 2.45) is 0 Å². The van der Waals surface area contributed by atoms with E-state index in [0.717, 1.165) is 24.1 Å². The molecule has 0 spiro atoms. The van der Waals surface area contributed by atoms with Crippen LogP contribution >= 0.6 is 23.2 Å². The molecule has 2 heterocycles. The number of benzene rings is 1. The fourth-order valence-electron chi connectivity index (χ4n) is 2.08. The molecule has 102 valence electrons. The molecule has 5 heteroatoms. The zero-order valence-electron chi connectivity index (χ0n) is 10.9. The molecule has 0 aliphatic heterocycles. The van der Waals surface area contributed by atoms with Gasteiger partial charge in [0, 0.05) is 17.9 Å². The van der Waals surface area contributed by atoms with Gasteiger partial charge < -0.3 is 4.42 Å². The second kappa shape index (κ2) is 5.43. The van der Waals surface area contributed by atoms with E-state index in [1.807, 2.05) is 18.2 Å². The average Bonchev–Trinajstić information content (AvgIpc) is 2.84. The van der Waals surface area contributed by atoms with Crippen LogP contribution in [0.15, 0.2) is 34.7 Å². The van der Waals surface area contributed by atoms with Gasteiger partial charge in [-0.1, -0.05) is 42.3 Å². The first-order chi connectivity index (χ1) is 9.67. The van der Waals surface area contributed by atoms with Crippen LogP contribution in [-0.4, -0.2) is 9.97 Å². The van der Waals surface area contributed by atoms with Gasteiger partial charge >= 0.3 is 0 Å². The summed E-state index contributed by atoms with van der Waals surface area (Å²) in [5.74, 6) is 1.37. The van der Waals surface area contributed by atoms with Crippen molar-refractivity contribution in [2.45, 2.75) is 19.8 Å². The summed E-state index contributed by atoms with van der Waals surface area (Å²) < 4.78 is 5.79. The number of hydrogen-bond donors (Lipinski definition) is 0. The van der Waals surface area contributed by atoms with Crippen LogP contribution in [0.4, 0.5) is 0 Å². The second-order valence-electron chi connectivity index (χ2n) is 4.51. The highest BCUT2D eigenvalue weighted by atomic mass is 35.5. The molecule has 0 fully saturated rings. The highest BCUT2D eigenvalue weighted by Crippen LogP contribution is 2.31. The third-order valence-electron chi connectivity index (χ3n) is 2.96. The first-order valence-electron chi connectivity index (χ1n) is 6.39. The van der Waals surface area contributed by atoms with Crippen LogP contribution < -0.4 is 0 Å². The van der Waals surface area contributed by atoms with E-state index in [0.29, 0.717) is 27.2 Å². The zero-order chi connectivity index (χ0) is 14.1. The molecule has 0 unspecified atom stereocenters. The van der Waals surface area contributed by atoms with Crippen molar-refractivity contribution < 1.29 is 4.42 Å². The number of fused-ring (bicyclic) bond motifs is 1. The standard InChI is InChI=1S/C15H12Cl2N2O/c1-2-4-14-18-11(8-13(17)19-14)12-7-9-5-3-6-10(16)15(9)20-12/h3,5-8H,2,4H2,1H3. The Kier molecular flexibility index (Phi) is 3.64. The summed E-state index contributed by atoms with van der Waals surface area (Å²) in [5.41, 5.74) is 1.34. The Balaban J connectivity index is 2.12. The lowest BCUT2D eigenvalue weighted by atomic mass is 10.2. The maximum atomic E-state index is 6.12. The van der Waals surface area contributed by atoms with Gasteiger partial charge in [-0.05, 0) is 18.6 Å². The monoisotopic (exact) mass is 306 g/mol. The Labute approximate surface area is 126 Å². The van der Waals surface area contributed by atoms with Crippen molar-refractivity contribution in [1.82, 2.24) is 9.97 Å². The number of nitrogens with zero attached hydrogens (tertiary/aromatic N) is 2. The number of aryl methyl sites for hydroxylation is 1. The van der Waals surface area contributed by atoms with Crippen molar-refractivity contribution in [3.8, 4) is 11.5 Å². The van der Waals surface area contributed by atoms with E-state index in [-0.39, 0.29) is 0 Å². The van der Waals surface area contributed by atoms with Crippen LogP contribution in [0.3, 0.4) is 0 Å². The van der Waals surface area contributed by atoms with E-state index in [2.05, 4.69) is 16.9 Å². The fourth-order valence-corrected chi connectivity index (χ4v) is 2.50. The Morgan fingerprint density at radius 3 is 2.75 bits per heavy atom. The van der Waals surface area contributed by atoms with E-state index in [4.69, 9.17) is 27.6 Å². The van der Waals surface area contributed by atoms with Gasteiger partial charge in [0.1, 0.15) is 16.7 Å². The lowest BCUT2D eigenvalue weighted by Gasteiger charge is -2.01. The lowest BCUT2D eigenvalue weighted by Crippen LogP contribution is -1.96. The molecule has 0 saturated heterocycles. The summed E-state index contributed by atoms with van der Waals surface area (Å²) in [4.78, 5) is 8.69. The minimum absolute atomic E-state index is 0.421. The summed E-state index contributed by atoms with van der Waals surface area (Å²) in [6, 6.07) is 9.25.